The van der Waals surface area contributed by atoms with Gasteiger partial charge in [-0.05, 0) is 18.6 Å². The molecule has 0 aliphatic rings. The molecule has 0 saturated heterocycles. The van der Waals surface area contributed by atoms with Gasteiger partial charge in [0, 0.05) is 11.3 Å². The number of benzene rings is 1. The summed E-state index contributed by atoms with van der Waals surface area (Å²) >= 11 is 6.00. The maximum atomic E-state index is 6.00. The molecule has 1 aromatic carbocycles. The number of aromatic nitrogens is 2. The fourth-order valence-corrected chi connectivity index (χ4v) is 1.74. The van der Waals surface area contributed by atoms with Crippen molar-refractivity contribution in [1.82, 2.24) is 9.97 Å². The second-order valence-electron chi connectivity index (χ2n) is 3.34. The molecule has 0 aliphatic carbocycles. The summed E-state index contributed by atoms with van der Waals surface area (Å²) in [5.41, 5.74) is 1.93. The van der Waals surface area contributed by atoms with Gasteiger partial charge in [-0.25, -0.2) is 9.97 Å². The number of anilines is 2. The molecular weight excluding hydrogens is 222 g/mol. The average molecular weight is 234 g/mol. The van der Waals surface area contributed by atoms with Crippen molar-refractivity contribution >= 4 is 23.1 Å². The molecule has 1 aromatic heterocycles. The molecule has 0 aliphatic heterocycles. The van der Waals surface area contributed by atoms with Gasteiger partial charge in [0.15, 0.2) is 0 Å². The summed E-state index contributed by atoms with van der Waals surface area (Å²) in [5, 5.41) is 3.74. The van der Waals surface area contributed by atoms with Gasteiger partial charge in [-0.3, -0.25) is 0 Å². The second-order valence-corrected chi connectivity index (χ2v) is 3.69. The molecule has 0 radical (unpaired) electrons. The first kappa shape index (κ1) is 10.9. The van der Waals surface area contributed by atoms with E-state index < -0.39 is 0 Å². The normalized spacial score (nSPS) is 10.1. The Labute approximate surface area is 99.5 Å². The zero-order chi connectivity index (χ0) is 11.4. The Morgan fingerprint density at radius 3 is 2.62 bits per heavy atom. The number of para-hydroxylation sites is 1. The van der Waals surface area contributed by atoms with E-state index in [1.54, 1.807) is 0 Å². The van der Waals surface area contributed by atoms with E-state index in [1.807, 2.05) is 37.3 Å². The van der Waals surface area contributed by atoms with E-state index in [-0.39, 0.29) is 0 Å². The van der Waals surface area contributed by atoms with Crippen molar-refractivity contribution in [3.63, 3.8) is 0 Å². The molecule has 0 bridgehead atoms. The smallest absolute Gasteiger partial charge is 0.138 e. The molecule has 3 nitrogen and oxygen atoms in total. The first-order chi connectivity index (χ1) is 7.81. The molecule has 0 amide bonds. The summed E-state index contributed by atoms with van der Waals surface area (Å²) in [5.74, 6) is 0.772. The van der Waals surface area contributed by atoms with Crippen molar-refractivity contribution in [2.75, 3.05) is 5.32 Å². The highest BCUT2D eigenvalue weighted by molar-refractivity contribution is 6.30. The Hall–Kier alpha value is -1.61. The van der Waals surface area contributed by atoms with Gasteiger partial charge in [0.1, 0.15) is 17.3 Å². The minimum absolute atomic E-state index is 0.510. The van der Waals surface area contributed by atoms with Crippen molar-refractivity contribution < 1.29 is 0 Å². The molecular formula is C12H12ClN3. The molecule has 16 heavy (non-hydrogen) atoms. The highest BCUT2D eigenvalue weighted by atomic mass is 35.5. The molecule has 0 unspecified atom stereocenters. The van der Waals surface area contributed by atoms with Crippen LogP contribution in [0.2, 0.25) is 5.15 Å². The van der Waals surface area contributed by atoms with Gasteiger partial charge in [-0.1, -0.05) is 36.7 Å². The maximum absolute atomic E-state index is 6.00. The Morgan fingerprint density at radius 2 is 1.94 bits per heavy atom. The lowest BCUT2D eigenvalue weighted by Crippen LogP contribution is -2.00. The van der Waals surface area contributed by atoms with Gasteiger partial charge in [0.2, 0.25) is 0 Å². The van der Waals surface area contributed by atoms with Crippen LogP contribution in [0.5, 0.6) is 0 Å². The van der Waals surface area contributed by atoms with E-state index in [1.165, 1.54) is 6.33 Å². The summed E-state index contributed by atoms with van der Waals surface area (Å²) in [4.78, 5) is 8.17. The SMILES string of the molecule is CCc1c(Cl)ncnc1Nc1ccccc1. The first-order valence-electron chi connectivity index (χ1n) is 5.12. The number of nitrogens with one attached hydrogen (secondary N) is 1. The minimum atomic E-state index is 0.510. The molecule has 2 rings (SSSR count). The van der Waals surface area contributed by atoms with Crippen molar-refractivity contribution in [2.24, 2.45) is 0 Å². The van der Waals surface area contributed by atoms with Gasteiger partial charge in [-0.2, -0.15) is 0 Å². The van der Waals surface area contributed by atoms with Crippen molar-refractivity contribution in [1.29, 1.82) is 0 Å². The number of halogens is 1. The Kier molecular flexibility index (Phi) is 3.37. The summed E-state index contributed by atoms with van der Waals surface area (Å²) in [7, 11) is 0. The maximum Gasteiger partial charge on any atom is 0.138 e. The van der Waals surface area contributed by atoms with Crippen LogP contribution in [-0.2, 0) is 6.42 Å². The third-order valence-electron chi connectivity index (χ3n) is 2.28. The van der Waals surface area contributed by atoms with Crippen LogP contribution < -0.4 is 5.32 Å². The van der Waals surface area contributed by atoms with Gasteiger partial charge in [-0.15, -0.1) is 0 Å². The van der Waals surface area contributed by atoms with Gasteiger partial charge >= 0.3 is 0 Å². The molecule has 82 valence electrons. The van der Waals surface area contributed by atoms with E-state index >= 15 is 0 Å². The molecule has 2 aromatic rings. The zero-order valence-electron chi connectivity index (χ0n) is 8.94. The average Bonchev–Trinajstić information content (AvgIpc) is 2.31. The molecule has 4 heteroatoms. The number of rotatable bonds is 3. The second kappa shape index (κ2) is 4.94. The fraction of sp³-hybridized carbons (Fsp3) is 0.167. The van der Waals surface area contributed by atoms with E-state index in [0.29, 0.717) is 5.15 Å². The summed E-state index contributed by atoms with van der Waals surface area (Å²) < 4.78 is 0. The highest BCUT2D eigenvalue weighted by Gasteiger charge is 2.07. The lowest BCUT2D eigenvalue weighted by Gasteiger charge is -2.09. The van der Waals surface area contributed by atoms with Crippen molar-refractivity contribution in [2.45, 2.75) is 13.3 Å². The minimum Gasteiger partial charge on any atom is -0.340 e. The predicted octanol–water partition coefficient (Wildman–Crippen LogP) is 3.44. The van der Waals surface area contributed by atoms with E-state index in [2.05, 4.69) is 15.3 Å². The van der Waals surface area contributed by atoms with E-state index in [4.69, 9.17) is 11.6 Å². The third kappa shape index (κ3) is 2.31. The lowest BCUT2D eigenvalue weighted by atomic mass is 10.2. The topological polar surface area (TPSA) is 37.8 Å². The Bertz CT molecular complexity index is 471. The van der Waals surface area contributed by atoms with Crippen molar-refractivity contribution in [3.8, 4) is 0 Å². The third-order valence-corrected chi connectivity index (χ3v) is 2.61. The number of hydrogen-bond donors (Lipinski definition) is 1. The molecule has 0 spiro atoms. The van der Waals surface area contributed by atoms with Gasteiger partial charge in [0.05, 0.1) is 0 Å². The Morgan fingerprint density at radius 1 is 1.19 bits per heavy atom. The Balaban J connectivity index is 2.31. The highest BCUT2D eigenvalue weighted by Crippen LogP contribution is 2.23. The van der Waals surface area contributed by atoms with Gasteiger partial charge in [0.25, 0.3) is 0 Å². The van der Waals surface area contributed by atoms with Crippen molar-refractivity contribution in [3.05, 3.63) is 47.4 Å². The standard InChI is InChI=1S/C12H12ClN3/c1-2-10-11(13)14-8-15-12(10)16-9-6-4-3-5-7-9/h3-8H,2H2,1H3,(H,14,15,16). The van der Waals surface area contributed by atoms with Crippen LogP contribution in [0.25, 0.3) is 0 Å². The first-order valence-corrected chi connectivity index (χ1v) is 5.50. The molecule has 0 saturated carbocycles. The van der Waals surface area contributed by atoms with Crippen LogP contribution in [0, 0.1) is 0 Å². The predicted molar refractivity (Wildman–Crippen MR) is 66.1 cm³/mol. The van der Waals surface area contributed by atoms with Gasteiger partial charge < -0.3 is 5.32 Å². The van der Waals surface area contributed by atoms with Crippen LogP contribution in [-0.4, -0.2) is 9.97 Å². The largest absolute Gasteiger partial charge is 0.340 e. The number of nitrogens with zero attached hydrogens (tertiary/aromatic N) is 2. The summed E-state index contributed by atoms with van der Waals surface area (Å²) in [6.07, 6.45) is 2.27. The van der Waals surface area contributed by atoms with Crippen LogP contribution in [0.15, 0.2) is 36.7 Å². The molecule has 1 N–H and O–H groups in total. The number of hydrogen-bond acceptors (Lipinski definition) is 3. The van der Waals surface area contributed by atoms with Crippen LogP contribution in [0.4, 0.5) is 11.5 Å². The lowest BCUT2D eigenvalue weighted by molar-refractivity contribution is 1.05. The van der Waals surface area contributed by atoms with Crippen LogP contribution in [0.1, 0.15) is 12.5 Å². The van der Waals surface area contributed by atoms with Crippen LogP contribution in [0.3, 0.4) is 0 Å². The van der Waals surface area contributed by atoms with E-state index in [0.717, 1.165) is 23.5 Å². The molecule has 0 atom stereocenters. The monoisotopic (exact) mass is 233 g/mol. The van der Waals surface area contributed by atoms with E-state index in [9.17, 15) is 0 Å². The fourth-order valence-electron chi connectivity index (χ4n) is 1.47. The van der Waals surface area contributed by atoms with Crippen LogP contribution >= 0.6 is 11.6 Å². The quantitative estimate of drug-likeness (QED) is 0.826. The summed E-state index contributed by atoms with van der Waals surface area (Å²) in [6, 6.07) is 9.87. The summed E-state index contributed by atoms with van der Waals surface area (Å²) in [6.45, 7) is 2.03. The molecule has 1 heterocycles. The zero-order valence-corrected chi connectivity index (χ0v) is 9.70. The molecule has 0 fully saturated rings.